The van der Waals surface area contributed by atoms with Crippen molar-refractivity contribution in [2.75, 3.05) is 30.0 Å². The van der Waals surface area contributed by atoms with E-state index in [1.165, 1.54) is 12.1 Å². The molecule has 1 aliphatic heterocycles. The van der Waals surface area contributed by atoms with Gasteiger partial charge in [0.25, 0.3) is 0 Å². The lowest BCUT2D eigenvalue weighted by molar-refractivity contribution is -0.274. The van der Waals surface area contributed by atoms with E-state index in [4.69, 9.17) is 0 Å². The fourth-order valence-corrected chi connectivity index (χ4v) is 2.49. The van der Waals surface area contributed by atoms with Gasteiger partial charge in [-0.1, -0.05) is 0 Å². The summed E-state index contributed by atoms with van der Waals surface area (Å²) in [6.07, 6.45) is -4.64. The minimum atomic E-state index is -4.64. The van der Waals surface area contributed by atoms with Gasteiger partial charge in [0.15, 0.2) is 0 Å². The second kappa shape index (κ2) is 5.71. The SMILES string of the molecule is FC(F)(F)Oc1ccc(NN2CCSCC2)cc1. The Morgan fingerprint density at radius 2 is 1.72 bits per heavy atom. The van der Waals surface area contributed by atoms with Crippen LogP contribution in [0.25, 0.3) is 0 Å². The first-order valence-corrected chi connectivity index (χ1v) is 6.63. The first-order valence-electron chi connectivity index (χ1n) is 5.48. The average molecular weight is 278 g/mol. The van der Waals surface area contributed by atoms with Crippen LogP contribution in [0.15, 0.2) is 24.3 Å². The zero-order valence-electron chi connectivity index (χ0n) is 9.54. The van der Waals surface area contributed by atoms with Crippen molar-refractivity contribution in [3.05, 3.63) is 24.3 Å². The molecule has 0 aromatic heterocycles. The van der Waals surface area contributed by atoms with Crippen LogP contribution < -0.4 is 10.2 Å². The van der Waals surface area contributed by atoms with Crippen LogP contribution in [0.5, 0.6) is 5.75 Å². The number of hydrogen-bond acceptors (Lipinski definition) is 4. The number of benzene rings is 1. The van der Waals surface area contributed by atoms with Crippen LogP contribution in [-0.2, 0) is 0 Å². The van der Waals surface area contributed by atoms with E-state index in [2.05, 4.69) is 15.2 Å². The predicted molar refractivity (Wildman–Crippen MR) is 65.6 cm³/mol. The number of hydrogen-bond donors (Lipinski definition) is 1. The third-order valence-electron chi connectivity index (χ3n) is 2.39. The maximum absolute atomic E-state index is 12.0. The minimum absolute atomic E-state index is 0.206. The van der Waals surface area contributed by atoms with Crippen molar-refractivity contribution < 1.29 is 17.9 Å². The van der Waals surface area contributed by atoms with Gasteiger partial charge in [-0.2, -0.15) is 11.8 Å². The Kier molecular flexibility index (Phi) is 4.23. The smallest absolute Gasteiger partial charge is 0.406 e. The van der Waals surface area contributed by atoms with E-state index in [0.29, 0.717) is 0 Å². The minimum Gasteiger partial charge on any atom is -0.406 e. The molecule has 100 valence electrons. The lowest BCUT2D eigenvalue weighted by Crippen LogP contribution is -2.37. The molecule has 7 heteroatoms. The summed E-state index contributed by atoms with van der Waals surface area (Å²) < 4.78 is 39.7. The number of ether oxygens (including phenoxy) is 1. The largest absolute Gasteiger partial charge is 0.573 e. The fraction of sp³-hybridized carbons (Fsp3) is 0.455. The van der Waals surface area contributed by atoms with Gasteiger partial charge >= 0.3 is 6.36 Å². The van der Waals surface area contributed by atoms with Gasteiger partial charge in [0, 0.05) is 30.3 Å². The molecule has 1 N–H and O–H groups in total. The molecule has 0 spiro atoms. The van der Waals surface area contributed by atoms with E-state index in [1.54, 1.807) is 12.1 Å². The highest BCUT2D eigenvalue weighted by Crippen LogP contribution is 2.24. The summed E-state index contributed by atoms with van der Waals surface area (Å²) in [5.41, 5.74) is 3.91. The molecular weight excluding hydrogens is 265 g/mol. The van der Waals surface area contributed by atoms with E-state index in [9.17, 15) is 13.2 Å². The number of anilines is 1. The Morgan fingerprint density at radius 1 is 1.11 bits per heavy atom. The number of rotatable bonds is 3. The maximum atomic E-state index is 12.0. The van der Waals surface area contributed by atoms with Crippen LogP contribution in [0.1, 0.15) is 0 Å². The van der Waals surface area contributed by atoms with Crippen molar-refractivity contribution in [3.63, 3.8) is 0 Å². The number of halogens is 3. The molecule has 1 aliphatic rings. The van der Waals surface area contributed by atoms with Gasteiger partial charge in [-0.05, 0) is 24.3 Å². The van der Waals surface area contributed by atoms with E-state index < -0.39 is 6.36 Å². The number of nitrogens with zero attached hydrogens (tertiary/aromatic N) is 1. The summed E-state index contributed by atoms with van der Waals surface area (Å²) in [6.45, 7) is 1.84. The molecule has 1 aromatic rings. The van der Waals surface area contributed by atoms with Crippen LogP contribution in [0.2, 0.25) is 0 Å². The molecule has 1 fully saturated rings. The molecule has 1 aromatic carbocycles. The highest BCUT2D eigenvalue weighted by molar-refractivity contribution is 7.99. The van der Waals surface area contributed by atoms with Crippen molar-refractivity contribution in [2.45, 2.75) is 6.36 Å². The summed E-state index contributed by atoms with van der Waals surface area (Å²) >= 11 is 1.89. The third kappa shape index (κ3) is 4.30. The van der Waals surface area contributed by atoms with Crippen LogP contribution in [0.4, 0.5) is 18.9 Å². The predicted octanol–water partition coefficient (Wildman–Crippen LogP) is 2.96. The highest BCUT2D eigenvalue weighted by Gasteiger charge is 2.30. The Bertz CT molecular complexity index is 377. The first-order chi connectivity index (χ1) is 8.53. The molecule has 18 heavy (non-hydrogen) atoms. The Hall–Kier alpha value is -1.08. The molecule has 3 nitrogen and oxygen atoms in total. The summed E-state index contributed by atoms with van der Waals surface area (Å²) in [6, 6.07) is 5.74. The van der Waals surface area contributed by atoms with Crippen LogP contribution in [0, 0.1) is 0 Å². The van der Waals surface area contributed by atoms with Gasteiger partial charge in [0.2, 0.25) is 0 Å². The van der Waals surface area contributed by atoms with E-state index in [1.807, 2.05) is 11.8 Å². The molecular formula is C11H13F3N2OS. The van der Waals surface area contributed by atoms with E-state index in [-0.39, 0.29) is 5.75 Å². The van der Waals surface area contributed by atoms with Gasteiger partial charge in [-0.15, -0.1) is 13.2 Å². The highest BCUT2D eigenvalue weighted by atomic mass is 32.2. The normalized spacial score (nSPS) is 17.5. The van der Waals surface area contributed by atoms with Crippen molar-refractivity contribution in [3.8, 4) is 5.75 Å². The number of alkyl halides is 3. The topological polar surface area (TPSA) is 24.5 Å². The number of hydrazine groups is 1. The summed E-state index contributed by atoms with van der Waals surface area (Å²) in [5, 5.41) is 2.05. The van der Waals surface area contributed by atoms with Gasteiger partial charge in [-0.25, -0.2) is 5.01 Å². The lowest BCUT2D eigenvalue weighted by atomic mass is 10.3. The molecule has 1 heterocycles. The average Bonchev–Trinajstić information content (AvgIpc) is 2.31. The molecule has 0 radical (unpaired) electrons. The van der Waals surface area contributed by atoms with E-state index in [0.717, 1.165) is 30.3 Å². The molecule has 2 rings (SSSR count). The molecule has 0 unspecified atom stereocenters. The third-order valence-corrected chi connectivity index (χ3v) is 3.33. The fourth-order valence-electron chi connectivity index (χ4n) is 1.59. The summed E-state index contributed by atoms with van der Waals surface area (Å²) in [5.74, 6) is 1.91. The molecule has 0 aliphatic carbocycles. The molecule has 0 saturated carbocycles. The van der Waals surface area contributed by atoms with Crippen molar-refractivity contribution in [1.82, 2.24) is 5.01 Å². The number of nitrogens with one attached hydrogen (secondary N) is 1. The molecule has 0 atom stereocenters. The standard InChI is InChI=1S/C11H13F3N2OS/c12-11(13,14)17-10-3-1-9(2-4-10)15-16-5-7-18-8-6-16/h1-4,15H,5-8H2. The molecule has 1 saturated heterocycles. The summed E-state index contributed by atoms with van der Waals surface area (Å²) in [7, 11) is 0. The van der Waals surface area contributed by atoms with Gasteiger partial charge in [-0.3, -0.25) is 0 Å². The van der Waals surface area contributed by atoms with Crippen molar-refractivity contribution >= 4 is 17.4 Å². The van der Waals surface area contributed by atoms with Gasteiger partial charge in [0.05, 0.1) is 0 Å². The number of thioether (sulfide) groups is 1. The Morgan fingerprint density at radius 3 is 2.28 bits per heavy atom. The zero-order chi connectivity index (χ0) is 13.0. The van der Waals surface area contributed by atoms with Gasteiger partial charge < -0.3 is 10.2 Å². The monoisotopic (exact) mass is 278 g/mol. The van der Waals surface area contributed by atoms with Crippen molar-refractivity contribution in [1.29, 1.82) is 0 Å². The Labute approximate surface area is 107 Å². The maximum Gasteiger partial charge on any atom is 0.573 e. The van der Waals surface area contributed by atoms with Crippen molar-refractivity contribution in [2.24, 2.45) is 0 Å². The van der Waals surface area contributed by atoms with E-state index >= 15 is 0 Å². The summed E-state index contributed by atoms with van der Waals surface area (Å²) in [4.78, 5) is 0. The lowest BCUT2D eigenvalue weighted by Gasteiger charge is -2.27. The second-order valence-electron chi connectivity index (χ2n) is 3.78. The van der Waals surface area contributed by atoms with Crippen LogP contribution >= 0.6 is 11.8 Å². The van der Waals surface area contributed by atoms with Gasteiger partial charge in [0.1, 0.15) is 5.75 Å². The quantitative estimate of drug-likeness (QED) is 0.918. The van der Waals surface area contributed by atoms with Crippen LogP contribution in [0.3, 0.4) is 0 Å². The second-order valence-corrected chi connectivity index (χ2v) is 5.01. The zero-order valence-corrected chi connectivity index (χ0v) is 10.4. The molecule has 0 amide bonds. The first kappa shape index (κ1) is 13.4. The van der Waals surface area contributed by atoms with Crippen LogP contribution in [-0.4, -0.2) is 36.0 Å². The molecule has 0 bridgehead atoms. The Balaban J connectivity index is 1.90.